The Balaban J connectivity index is 1.56. The number of anilines is 1. The van der Waals surface area contributed by atoms with Crippen LogP contribution in [0.3, 0.4) is 0 Å². The van der Waals surface area contributed by atoms with E-state index in [1.807, 2.05) is 61.5 Å². The maximum atomic E-state index is 14.6. The molecule has 5 rings (SSSR count). The Hall–Kier alpha value is -3.66. The zero-order chi connectivity index (χ0) is 32.7. The molecule has 0 bridgehead atoms. The Morgan fingerprint density at radius 3 is 2.20 bits per heavy atom. The minimum atomic E-state index is -4.18. The Labute approximate surface area is 284 Å². The summed E-state index contributed by atoms with van der Waals surface area (Å²) in [5, 5.41) is 3.63. The molecule has 0 aliphatic heterocycles. The van der Waals surface area contributed by atoms with Crippen LogP contribution < -0.4 is 9.62 Å². The summed E-state index contributed by atoms with van der Waals surface area (Å²) >= 11 is 9.68. The third-order valence-corrected chi connectivity index (χ3v) is 10.8. The van der Waals surface area contributed by atoms with Crippen molar-refractivity contribution in [3.8, 4) is 0 Å². The van der Waals surface area contributed by atoms with Crippen molar-refractivity contribution in [2.45, 2.75) is 62.6 Å². The molecule has 10 heteroatoms. The fourth-order valence-electron chi connectivity index (χ4n) is 5.73. The van der Waals surface area contributed by atoms with E-state index in [-0.39, 0.29) is 35.5 Å². The normalized spacial score (nSPS) is 14.1. The second-order valence-electron chi connectivity index (χ2n) is 11.6. The highest BCUT2D eigenvalue weighted by atomic mass is 79.9. The largest absolute Gasteiger partial charge is 0.352 e. The summed E-state index contributed by atoms with van der Waals surface area (Å²) in [6.07, 6.45) is 4.14. The molecule has 1 fully saturated rings. The van der Waals surface area contributed by atoms with E-state index in [4.69, 9.17) is 11.6 Å². The molecule has 240 valence electrons. The Kier molecular flexibility index (Phi) is 11.2. The average molecular weight is 723 g/mol. The maximum absolute atomic E-state index is 14.6. The molecule has 0 aromatic heterocycles. The predicted octanol–water partition coefficient (Wildman–Crippen LogP) is 7.31. The van der Waals surface area contributed by atoms with Crippen molar-refractivity contribution in [3.63, 3.8) is 0 Å². The van der Waals surface area contributed by atoms with Gasteiger partial charge in [-0.25, -0.2) is 8.42 Å². The third kappa shape index (κ3) is 8.57. The number of carbonyl (C=O) groups is 2. The van der Waals surface area contributed by atoms with Crippen molar-refractivity contribution < 1.29 is 18.0 Å². The number of nitrogens with one attached hydrogen (secondary N) is 1. The summed E-state index contributed by atoms with van der Waals surface area (Å²) in [4.78, 5) is 30.3. The first-order chi connectivity index (χ1) is 22.1. The smallest absolute Gasteiger partial charge is 0.264 e. The lowest BCUT2D eigenvalue weighted by atomic mass is 10.0. The fourth-order valence-corrected chi connectivity index (χ4v) is 7.71. The van der Waals surface area contributed by atoms with Crippen molar-refractivity contribution in [1.29, 1.82) is 0 Å². The number of aryl methyl sites for hydroxylation is 1. The minimum absolute atomic E-state index is 0.0427. The Bertz CT molecular complexity index is 1750. The molecule has 0 radical (unpaired) electrons. The Morgan fingerprint density at radius 1 is 0.891 bits per heavy atom. The number of carbonyl (C=O) groups excluding carboxylic acids is 2. The molecular formula is C36H37BrClN3O4S. The van der Waals surface area contributed by atoms with Crippen LogP contribution >= 0.6 is 27.5 Å². The van der Waals surface area contributed by atoms with E-state index in [9.17, 15) is 18.0 Å². The van der Waals surface area contributed by atoms with E-state index < -0.39 is 28.5 Å². The van der Waals surface area contributed by atoms with E-state index in [0.29, 0.717) is 5.02 Å². The van der Waals surface area contributed by atoms with Crippen LogP contribution in [0.1, 0.15) is 42.4 Å². The highest BCUT2D eigenvalue weighted by molar-refractivity contribution is 9.10. The van der Waals surface area contributed by atoms with Gasteiger partial charge in [-0.15, -0.1) is 0 Å². The SMILES string of the molecule is Cc1ccc(S(=O)(=O)N(CC(=O)N(Cc2cccc(Br)c2)C(Cc2ccccc2)C(=O)NC2CCCC2)c2ccc(Cl)cc2)cc1. The van der Waals surface area contributed by atoms with Crippen LogP contribution in [0, 0.1) is 6.92 Å². The van der Waals surface area contributed by atoms with Gasteiger partial charge in [0.25, 0.3) is 10.0 Å². The molecular weight excluding hydrogens is 686 g/mol. The highest BCUT2D eigenvalue weighted by Gasteiger charge is 2.35. The summed E-state index contributed by atoms with van der Waals surface area (Å²) in [7, 11) is -4.18. The molecule has 1 atom stereocenters. The minimum Gasteiger partial charge on any atom is -0.352 e. The standard InChI is InChI=1S/C36H37BrClN3O4S/c1-26-14-20-33(21-15-26)46(44,45)41(32-18-16-30(38)17-19-32)25-35(42)40(24-28-10-7-11-29(37)22-28)34(23-27-8-3-2-4-9-27)36(43)39-31-12-5-6-13-31/h2-4,7-11,14-22,31,34H,5-6,12-13,23-25H2,1H3,(H,39,43). The van der Waals surface area contributed by atoms with Gasteiger partial charge in [0.05, 0.1) is 10.6 Å². The summed E-state index contributed by atoms with van der Waals surface area (Å²) in [5.41, 5.74) is 2.89. The number of hydrogen-bond acceptors (Lipinski definition) is 4. The number of hydrogen-bond donors (Lipinski definition) is 1. The first-order valence-corrected chi connectivity index (χ1v) is 17.9. The van der Waals surface area contributed by atoms with Crippen molar-refractivity contribution in [2.24, 2.45) is 0 Å². The summed E-state index contributed by atoms with van der Waals surface area (Å²) < 4.78 is 30.2. The maximum Gasteiger partial charge on any atom is 0.264 e. The van der Waals surface area contributed by atoms with Gasteiger partial charge in [0.15, 0.2) is 0 Å². The van der Waals surface area contributed by atoms with Crippen LogP contribution in [-0.4, -0.2) is 43.8 Å². The summed E-state index contributed by atoms with van der Waals surface area (Å²) in [6.45, 7) is 1.46. The summed E-state index contributed by atoms with van der Waals surface area (Å²) in [6, 6.07) is 29.1. The lowest BCUT2D eigenvalue weighted by Crippen LogP contribution is -2.54. The first kappa shape index (κ1) is 33.7. The molecule has 1 aliphatic carbocycles. The van der Waals surface area contributed by atoms with Crippen LogP contribution in [0.15, 0.2) is 112 Å². The van der Waals surface area contributed by atoms with Crippen LogP contribution in [0.25, 0.3) is 0 Å². The number of rotatable bonds is 12. The van der Waals surface area contributed by atoms with Gasteiger partial charge >= 0.3 is 0 Å². The lowest BCUT2D eigenvalue weighted by molar-refractivity contribution is -0.140. The number of sulfonamides is 1. The summed E-state index contributed by atoms with van der Waals surface area (Å²) in [5.74, 6) is -0.758. The molecule has 1 aliphatic rings. The van der Waals surface area contributed by atoms with Gasteiger partial charge in [-0.05, 0) is 79.4 Å². The van der Waals surface area contributed by atoms with Gasteiger partial charge in [-0.1, -0.05) is 101 Å². The van der Waals surface area contributed by atoms with Gasteiger partial charge in [0.2, 0.25) is 11.8 Å². The molecule has 0 spiro atoms. The lowest BCUT2D eigenvalue weighted by Gasteiger charge is -2.34. The second kappa shape index (κ2) is 15.3. The fraction of sp³-hybridized carbons (Fsp3) is 0.278. The first-order valence-electron chi connectivity index (χ1n) is 15.3. The van der Waals surface area contributed by atoms with E-state index >= 15 is 0 Å². The average Bonchev–Trinajstić information content (AvgIpc) is 3.55. The molecule has 0 heterocycles. The van der Waals surface area contributed by atoms with Crippen molar-refractivity contribution in [2.75, 3.05) is 10.8 Å². The monoisotopic (exact) mass is 721 g/mol. The van der Waals surface area contributed by atoms with E-state index in [0.717, 1.165) is 51.2 Å². The van der Waals surface area contributed by atoms with Crippen LogP contribution in [0.4, 0.5) is 5.69 Å². The molecule has 1 unspecified atom stereocenters. The van der Waals surface area contributed by atoms with Crippen LogP contribution in [-0.2, 0) is 32.6 Å². The molecule has 2 amide bonds. The zero-order valence-corrected chi connectivity index (χ0v) is 28.8. The number of nitrogens with zero attached hydrogens (tertiary/aromatic N) is 2. The number of benzene rings is 4. The van der Waals surface area contributed by atoms with Gasteiger partial charge in [-0.2, -0.15) is 0 Å². The van der Waals surface area contributed by atoms with Crippen molar-refractivity contribution >= 4 is 55.1 Å². The third-order valence-electron chi connectivity index (χ3n) is 8.22. The van der Waals surface area contributed by atoms with Crippen molar-refractivity contribution in [1.82, 2.24) is 10.2 Å². The van der Waals surface area contributed by atoms with E-state index in [2.05, 4.69) is 21.2 Å². The highest BCUT2D eigenvalue weighted by Crippen LogP contribution is 2.27. The molecule has 4 aromatic rings. The second-order valence-corrected chi connectivity index (χ2v) is 14.9. The topological polar surface area (TPSA) is 86.8 Å². The quantitative estimate of drug-likeness (QED) is 0.166. The molecule has 7 nitrogen and oxygen atoms in total. The van der Waals surface area contributed by atoms with Gasteiger partial charge in [0, 0.05) is 28.5 Å². The zero-order valence-electron chi connectivity index (χ0n) is 25.6. The van der Waals surface area contributed by atoms with Gasteiger partial charge in [-0.3, -0.25) is 13.9 Å². The predicted molar refractivity (Wildman–Crippen MR) is 186 cm³/mol. The molecule has 4 aromatic carbocycles. The van der Waals surface area contributed by atoms with E-state index in [1.54, 1.807) is 36.4 Å². The van der Waals surface area contributed by atoms with Gasteiger partial charge < -0.3 is 10.2 Å². The molecule has 0 saturated heterocycles. The Morgan fingerprint density at radius 2 is 1.54 bits per heavy atom. The van der Waals surface area contributed by atoms with E-state index in [1.165, 1.54) is 17.0 Å². The van der Waals surface area contributed by atoms with Crippen LogP contribution in [0.5, 0.6) is 0 Å². The molecule has 1 N–H and O–H groups in total. The molecule has 1 saturated carbocycles. The van der Waals surface area contributed by atoms with Gasteiger partial charge in [0.1, 0.15) is 12.6 Å². The van der Waals surface area contributed by atoms with Crippen LogP contribution in [0.2, 0.25) is 5.02 Å². The molecule has 46 heavy (non-hydrogen) atoms. The number of halogens is 2. The number of amides is 2. The van der Waals surface area contributed by atoms with Crippen molar-refractivity contribution in [3.05, 3.63) is 129 Å².